The Morgan fingerprint density at radius 1 is 1.82 bits per heavy atom. The second-order valence-corrected chi connectivity index (χ2v) is 2.90. The molecule has 0 aromatic rings. The third-order valence-electron chi connectivity index (χ3n) is 2.05. The summed E-state index contributed by atoms with van der Waals surface area (Å²) < 4.78 is 5.18. The molecular formula is C6H14N4O. The molecule has 5 heteroatoms. The standard InChI is InChI=1S/C6H14N4O/c1-6(11-2)3-4(6)9-5(7)10-8/h4H,3,8H2,1-2H3,(H3,7,9,10)/t4-,6+/m1/s1. The van der Waals surface area contributed by atoms with E-state index >= 15 is 0 Å². The van der Waals surface area contributed by atoms with Crippen LogP contribution in [0.1, 0.15) is 13.3 Å². The monoisotopic (exact) mass is 158 g/mol. The van der Waals surface area contributed by atoms with Crippen molar-refractivity contribution in [3.05, 3.63) is 0 Å². The van der Waals surface area contributed by atoms with Crippen LogP contribution in [-0.4, -0.2) is 24.7 Å². The van der Waals surface area contributed by atoms with Gasteiger partial charge in [-0.2, -0.15) is 0 Å². The Morgan fingerprint density at radius 2 is 2.45 bits per heavy atom. The molecule has 0 aliphatic heterocycles. The van der Waals surface area contributed by atoms with Crippen LogP contribution in [-0.2, 0) is 4.74 Å². The Labute approximate surface area is 65.8 Å². The van der Waals surface area contributed by atoms with Gasteiger partial charge >= 0.3 is 0 Å². The van der Waals surface area contributed by atoms with E-state index in [1.54, 1.807) is 7.11 Å². The summed E-state index contributed by atoms with van der Waals surface area (Å²) in [6.45, 7) is 1.99. The number of rotatable bonds is 2. The molecule has 1 fully saturated rings. The smallest absolute Gasteiger partial charge is 0.203 e. The molecule has 1 saturated carbocycles. The van der Waals surface area contributed by atoms with E-state index in [2.05, 4.69) is 10.4 Å². The molecule has 0 saturated heterocycles. The summed E-state index contributed by atoms with van der Waals surface area (Å²) in [6, 6.07) is 0.156. The van der Waals surface area contributed by atoms with Crippen LogP contribution in [0, 0.1) is 0 Å². The Bertz CT molecular complexity index is 181. The minimum absolute atomic E-state index is 0.124. The Morgan fingerprint density at radius 3 is 2.82 bits per heavy atom. The summed E-state index contributed by atoms with van der Waals surface area (Å²) in [7, 11) is 1.67. The SMILES string of the molecule is CO[C@@]1(C)C[C@H]1N=C(N)NN. The van der Waals surface area contributed by atoms with Crippen LogP contribution >= 0.6 is 0 Å². The topological polar surface area (TPSA) is 85.7 Å². The quantitative estimate of drug-likeness (QED) is 0.207. The van der Waals surface area contributed by atoms with Gasteiger partial charge in [-0.3, -0.25) is 5.43 Å². The summed E-state index contributed by atoms with van der Waals surface area (Å²) in [5, 5.41) is 0. The second-order valence-electron chi connectivity index (χ2n) is 2.90. The highest BCUT2D eigenvalue weighted by Crippen LogP contribution is 2.41. The van der Waals surface area contributed by atoms with Crippen LogP contribution in [0.3, 0.4) is 0 Å². The zero-order valence-electron chi connectivity index (χ0n) is 6.79. The first-order chi connectivity index (χ1) is 5.12. The molecule has 0 unspecified atom stereocenters. The first-order valence-electron chi connectivity index (χ1n) is 3.47. The van der Waals surface area contributed by atoms with Crippen molar-refractivity contribution < 1.29 is 4.74 Å². The van der Waals surface area contributed by atoms with Crippen LogP contribution in [0.5, 0.6) is 0 Å². The lowest BCUT2D eigenvalue weighted by Gasteiger charge is -2.05. The number of hydrazine groups is 1. The molecule has 1 rings (SSSR count). The van der Waals surface area contributed by atoms with Crippen molar-refractivity contribution in [1.29, 1.82) is 0 Å². The normalized spacial score (nSPS) is 37.0. The van der Waals surface area contributed by atoms with Gasteiger partial charge in [-0.1, -0.05) is 0 Å². The Hall–Kier alpha value is -0.810. The van der Waals surface area contributed by atoms with Crippen molar-refractivity contribution in [2.45, 2.75) is 25.0 Å². The molecule has 0 amide bonds. The fourth-order valence-electron chi connectivity index (χ4n) is 0.932. The van der Waals surface area contributed by atoms with Crippen LogP contribution in [0.4, 0.5) is 0 Å². The van der Waals surface area contributed by atoms with Gasteiger partial charge in [0.05, 0.1) is 11.6 Å². The molecule has 0 aromatic carbocycles. The number of methoxy groups -OCH3 is 1. The molecule has 2 atom stereocenters. The Balaban J connectivity index is 2.44. The van der Waals surface area contributed by atoms with E-state index in [1.807, 2.05) is 6.92 Å². The van der Waals surface area contributed by atoms with Gasteiger partial charge in [-0.15, -0.1) is 0 Å². The lowest BCUT2D eigenvalue weighted by molar-refractivity contribution is 0.0919. The third-order valence-corrected chi connectivity index (χ3v) is 2.05. The van der Waals surface area contributed by atoms with Gasteiger partial charge in [0, 0.05) is 13.5 Å². The summed E-state index contributed by atoms with van der Waals surface area (Å²) in [6.07, 6.45) is 0.909. The highest BCUT2D eigenvalue weighted by atomic mass is 16.5. The molecule has 5 N–H and O–H groups in total. The van der Waals surface area contributed by atoms with E-state index in [-0.39, 0.29) is 17.6 Å². The van der Waals surface area contributed by atoms with Crippen molar-refractivity contribution in [2.75, 3.05) is 7.11 Å². The molecule has 0 spiro atoms. The summed E-state index contributed by atoms with van der Waals surface area (Å²) in [5.41, 5.74) is 7.49. The number of nitrogens with zero attached hydrogens (tertiary/aromatic N) is 1. The maximum Gasteiger partial charge on any atom is 0.203 e. The van der Waals surface area contributed by atoms with Gasteiger partial charge in [0.2, 0.25) is 5.96 Å². The molecule has 0 aromatic heterocycles. The average molecular weight is 158 g/mol. The highest BCUT2D eigenvalue weighted by molar-refractivity contribution is 5.77. The fourth-order valence-corrected chi connectivity index (χ4v) is 0.932. The first kappa shape index (κ1) is 8.29. The van der Waals surface area contributed by atoms with Crippen LogP contribution in [0.25, 0.3) is 0 Å². The highest BCUT2D eigenvalue weighted by Gasteiger charge is 2.51. The molecule has 64 valence electrons. The van der Waals surface area contributed by atoms with Gasteiger partial charge in [-0.25, -0.2) is 10.8 Å². The van der Waals surface area contributed by atoms with Gasteiger partial charge < -0.3 is 10.5 Å². The van der Waals surface area contributed by atoms with E-state index in [9.17, 15) is 0 Å². The van der Waals surface area contributed by atoms with Crippen molar-refractivity contribution in [1.82, 2.24) is 5.43 Å². The van der Waals surface area contributed by atoms with E-state index in [1.165, 1.54) is 0 Å². The molecule has 0 radical (unpaired) electrons. The summed E-state index contributed by atoms with van der Waals surface area (Å²) in [5.74, 6) is 5.29. The predicted octanol–water partition coefficient (Wildman–Crippen LogP) is -1.06. The number of hydrogen-bond donors (Lipinski definition) is 3. The van der Waals surface area contributed by atoms with Gasteiger partial charge in [0.25, 0.3) is 0 Å². The van der Waals surface area contributed by atoms with E-state index in [0.717, 1.165) is 6.42 Å². The summed E-state index contributed by atoms with van der Waals surface area (Å²) in [4.78, 5) is 4.06. The van der Waals surface area contributed by atoms with Gasteiger partial charge in [0.15, 0.2) is 0 Å². The average Bonchev–Trinajstić information content (AvgIpc) is 2.63. The molecule has 5 nitrogen and oxygen atoms in total. The van der Waals surface area contributed by atoms with Crippen LogP contribution in [0.15, 0.2) is 4.99 Å². The third kappa shape index (κ3) is 1.61. The zero-order valence-corrected chi connectivity index (χ0v) is 6.79. The minimum atomic E-state index is -0.124. The largest absolute Gasteiger partial charge is 0.376 e. The van der Waals surface area contributed by atoms with Crippen LogP contribution in [0.2, 0.25) is 0 Å². The zero-order chi connectivity index (χ0) is 8.48. The summed E-state index contributed by atoms with van der Waals surface area (Å²) >= 11 is 0. The molecule has 1 aliphatic rings. The molecule has 0 bridgehead atoms. The van der Waals surface area contributed by atoms with Crippen molar-refractivity contribution in [3.8, 4) is 0 Å². The maximum absolute atomic E-state index is 5.35. The van der Waals surface area contributed by atoms with Crippen molar-refractivity contribution in [2.24, 2.45) is 16.6 Å². The van der Waals surface area contributed by atoms with E-state index < -0.39 is 0 Å². The number of aliphatic imine (C=N–C) groups is 1. The van der Waals surface area contributed by atoms with Gasteiger partial charge in [-0.05, 0) is 6.92 Å². The maximum atomic E-state index is 5.35. The Kier molecular flexibility index (Phi) is 2.01. The molecule has 0 heterocycles. The molecule has 11 heavy (non-hydrogen) atoms. The van der Waals surface area contributed by atoms with Crippen LogP contribution < -0.4 is 17.0 Å². The second kappa shape index (κ2) is 2.67. The van der Waals surface area contributed by atoms with E-state index in [4.69, 9.17) is 16.3 Å². The number of nitrogens with two attached hydrogens (primary N) is 2. The number of ether oxygens (including phenoxy) is 1. The fraction of sp³-hybridized carbons (Fsp3) is 0.833. The van der Waals surface area contributed by atoms with Crippen molar-refractivity contribution >= 4 is 5.96 Å². The molecular weight excluding hydrogens is 144 g/mol. The number of guanidine groups is 1. The number of nitrogens with one attached hydrogen (secondary N) is 1. The van der Waals surface area contributed by atoms with Gasteiger partial charge in [0.1, 0.15) is 0 Å². The molecule has 1 aliphatic carbocycles. The predicted molar refractivity (Wildman–Crippen MR) is 42.8 cm³/mol. The number of hydrogen-bond acceptors (Lipinski definition) is 3. The lowest BCUT2D eigenvalue weighted by Crippen LogP contribution is -2.37. The minimum Gasteiger partial charge on any atom is -0.376 e. The first-order valence-corrected chi connectivity index (χ1v) is 3.47. The van der Waals surface area contributed by atoms with Crippen molar-refractivity contribution in [3.63, 3.8) is 0 Å². The lowest BCUT2D eigenvalue weighted by atomic mass is 10.4. The van der Waals surface area contributed by atoms with E-state index in [0.29, 0.717) is 0 Å².